The highest BCUT2D eigenvalue weighted by molar-refractivity contribution is 5.86. The lowest BCUT2D eigenvalue weighted by molar-refractivity contribution is -0.136. The highest BCUT2D eigenvalue weighted by atomic mass is 16.5. The quantitative estimate of drug-likeness (QED) is 0.460. The largest absolute Gasteiger partial charge is 0.497 e. The Morgan fingerprint density at radius 1 is 1.03 bits per heavy atom. The predicted molar refractivity (Wildman–Crippen MR) is 135 cm³/mol. The molecule has 2 aliphatic rings. The lowest BCUT2D eigenvalue weighted by atomic mass is 9.75. The number of rotatable bonds is 7. The van der Waals surface area contributed by atoms with Crippen LogP contribution in [-0.4, -0.2) is 48.8 Å². The molecule has 5 heteroatoms. The minimum absolute atomic E-state index is 0.262. The molecule has 3 aromatic rings. The fourth-order valence-electron chi connectivity index (χ4n) is 5.83. The van der Waals surface area contributed by atoms with Crippen LogP contribution in [0.3, 0.4) is 0 Å². The Labute approximate surface area is 202 Å². The molecule has 0 bridgehead atoms. The van der Waals surface area contributed by atoms with Gasteiger partial charge in [0.15, 0.2) is 0 Å². The van der Waals surface area contributed by atoms with Gasteiger partial charge in [0, 0.05) is 43.2 Å². The van der Waals surface area contributed by atoms with E-state index in [9.17, 15) is 4.79 Å². The van der Waals surface area contributed by atoms with E-state index in [2.05, 4.69) is 47.2 Å². The van der Waals surface area contributed by atoms with Crippen LogP contribution in [0.5, 0.6) is 5.75 Å². The topological polar surface area (TPSA) is 43.7 Å². The zero-order chi connectivity index (χ0) is 23.3. The van der Waals surface area contributed by atoms with Gasteiger partial charge in [-0.1, -0.05) is 49.6 Å². The molecule has 0 unspecified atom stereocenters. The van der Waals surface area contributed by atoms with E-state index in [1.165, 1.54) is 54.1 Å². The lowest BCUT2D eigenvalue weighted by Crippen LogP contribution is -2.41. The minimum Gasteiger partial charge on any atom is -0.497 e. The molecule has 5 rings (SSSR count). The van der Waals surface area contributed by atoms with E-state index < -0.39 is 0 Å². The zero-order valence-electron chi connectivity index (χ0n) is 20.2. The first-order valence-corrected chi connectivity index (χ1v) is 12.8. The average molecular weight is 461 g/mol. The third-order valence-corrected chi connectivity index (χ3v) is 7.71. The molecule has 1 aliphatic heterocycles. The molecule has 5 nitrogen and oxygen atoms in total. The first-order valence-electron chi connectivity index (χ1n) is 12.8. The Morgan fingerprint density at radius 3 is 2.50 bits per heavy atom. The van der Waals surface area contributed by atoms with Gasteiger partial charge in [-0.2, -0.15) is 0 Å². The second kappa shape index (κ2) is 10.6. The van der Waals surface area contributed by atoms with E-state index in [0.29, 0.717) is 25.6 Å². The van der Waals surface area contributed by atoms with Crippen LogP contribution < -0.4 is 4.74 Å². The molecule has 0 N–H and O–H groups in total. The number of para-hydroxylation sites is 1. The summed E-state index contributed by atoms with van der Waals surface area (Å²) in [6.45, 7) is 3.55. The molecule has 0 spiro atoms. The number of morpholine rings is 1. The van der Waals surface area contributed by atoms with Crippen LogP contribution in [0.2, 0.25) is 0 Å². The number of benzene rings is 2. The van der Waals surface area contributed by atoms with Gasteiger partial charge in [-0.3, -0.25) is 4.79 Å². The maximum absolute atomic E-state index is 13.4. The number of hydrogen-bond donors (Lipinski definition) is 0. The van der Waals surface area contributed by atoms with Gasteiger partial charge in [0.2, 0.25) is 5.91 Å². The Bertz CT molecular complexity index is 1090. The van der Waals surface area contributed by atoms with E-state index in [-0.39, 0.29) is 11.8 Å². The number of hydrogen-bond acceptors (Lipinski definition) is 3. The van der Waals surface area contributed by atoms with Crippen molar-refractivity contribution in [3.05, 3.63) is 65.9 Å². The number of nitrogens with zero attached hydrogens (tertiary/aromatic N) is 2. The van der Waals surface area contributed by atoms with Gasteiger partial charge in [0.05, 0.1) is 20.3 Å². The summed E-state index contributed by atoms with van der Waals surface area (Å²) in [5.41, 5.74) is 3.83. The Hall–Kier alpha value is -2.79. The van der Waals surface area contributed by atoms with Crippen molar-refractivity contribution in [3.63, 3.8) is 0 Å². The number of fused-ring (bicyclic) bond motifs is 1. The van der Waals surface area contributed by atoms with Crippen LogP contribution in [0, 0.1) is 5.92 Å². The van der Waals surface area contributed by atoms with Gasteiger partial charge in [-0.15, -0.1) is 0 Å². The number of amides is 1. The van der Waals surface area contributed by atoms with Gasteiger partial charge in [0.25, 0.3) is 0 Å². The summed E-state index contributed by atoms with van der Waals surface area (Å²) in [7, 11) is 1.70. The molecule has 0 radical (unpaired) electrons. The summed E-state index contributed by atoms with van der Waals surface area (Å²) < 4.78 is 13.2. The van der Waals surface area contributed by atoms with Crippen LogP contribution in [0.4, 0.5) is 0 Å². The molecular formula is C29H36N2O3. The number of methoxy groups -OCH3 is 1. The summed E-state index contributed by atoms with van der Waals surface area (Å²) >= 11 is 0. The van der Waals surface area contributed by atoms with Crippen LogP contribution >= 0.6 is 0 Å². The van der Waals surface area contributed by atoms with Crippen molar-refractivity contribution in [2.75, 3.05) is 33.4 Å². The van der Waals surface area contributed by atoms with E-state index in [1.807, 2.05) is 17.0 Å². The summed E-state index contributed by atoms with van der Waals surface area (Å²) in [6.07, 6.45) is 9.24. The number of ether oxygens (including phenoxy) is 2. The molecule has 2 heterocycles. The number of carbonyl (C=O) groups is 1. The third kappa shape index (κ3) is 5.00. The van der Waals surface area contributed by atoms with Crippen molar-refractivity contribution < 1.29 is 14.3 Å². The van der Waals surface area contributed by atoms with Crippen molar-refractivity contribution in [2.45, 2.75) is 51.0 Å². The normalized spacial score (nSPS) is 18.2. The zero-order valence-corrected chi connectivity index (χ0v) is 20.2. The molecule has 34 heavy (non-hydrogen) atoms. The molecule has 1 saturated carbocycles. The van der Waals surface area contributed by atoms with E-state index in [1.54, 1.807) is 7.11 Å². The second-order valence-electron chi connectivity index (χ2n) is 9.78. The average Bonchev–Trinajstić information content (AvgIpc) is 3.26. The maximum atomic E-state index is 13.4. The summed E-state index contributed by atoms with van der Waals surface area (Å²) in [4.78, 5) is 15.4. The summed E-state index contributed by atoms with van der Waals surface area (Å²) in [5, 5.41) is 1.29. The fraction of sp³-hybridized carbons (Fsp3) is 0.483. The number of aromatic nitrogens is 1. The van der Waals surface area contributed by atoms with Crippen LogP contribution in [0.25, 0.3) is 10.9 Å². The fourth-order valence-corrected chi connectivity index (χ4v) is 5.83. The van der Waals surface area contributed by atoms with E-state index in [0.717, 1.165) is 25.4 Å². The van der Waals surface area contributed by atoms with E-state index >= 15 is 0 Å². The van der Waals surface area contributed by atoms with Crippen molar-refractivity contribution in [1.29, 1.82) is 0 Å². The summed E-state index contributed by atoms with van der Waals surface area (Å²) in [5.74, 6) is 1.99. The van der Waals surface area contributed by atoms with Crippen molar-refractivity contribution in [1.82, 2.24) is 9.47 Å². The SMILES string of the molecule is COc1ccc(Cn2cc([C@H](CC(=O)N3CCOCC3)C3CCCCC3)c3ccccc32)cc1. The predicted octanol–water partition coefficient (Wildman–Crippen LogP) is 5.61. The number of carbonyl (C=O) groups excluding carboxylic acids is 1. The molecule has 2 fully saturated rings. The molecule has 1 atom stereocenters. The van der Waals surface area contributed by atoms with Crippen LogP contribution in [0.15, 0.2) is 54.7 Å². The molecule has 1 aliphatic carbocycles. The lowest BCUT2D eigenvalue weighted by Gasteiger charge is -2.33. The molecule has 1 saturated heterocycles. The Morgan fingerprint density at radius 2 is 1.76 bits per heavy atom. The molecular weight excluding hydrogens is 424 g/mol. The van der Waals surface area contributed by atoms with Gasteiger partial charge in [-0.05, 0) is 54.0 Å². The Balaban J connectivity index is 1.48. The van der Waals surface area contributed by atoms with E-state index in [4.69, 9.17) is 9.47 Å². The molecule has 1 amide bonds. The van der Waals surface area contributed by atoms with Gasteiger partial charge in [0.1, 0.15) is 5.75 Å². The van der Waals surface area contributed by atoms with Gasteiger partial charge in [-0.25, -0.2) is 0 Å². The first-order chi connectivity index (χ1) is 16.7. The standard InChI is InChI=1S/C29H36N2O3/c1-33-24-13-11-22(12-14-24)20-31-21-27(25-9-5-6-10-28(25)31)26(23-7-3-2-4-8-23)19-29(32)30-15-17-34-18-16-30/h5-6,9-14,21,23,26H,2-4,7-8,15-20H2,1H3/t26-/m1/s1. The molecule has 2 aromatic carbocycles. The molecule has 1 aromatic heterocycles. The van der Waals surface area contributed by atoms with Crippen molar-refractivity contribution in [2.24, 2.45) is 5.92 Å². The third-order valence-electron chi connectivity index (χ3n) is 7.71. The summed E-state index contributed by atoms with van der Waals surface area (Å²) in [6, 6.07) is 17.0. The van der Waals surface area contributed by atoms with Crippen molar-refractivity contribution in [3.8, 4) is 5.75 Å². The first kappa shape index (κ1) is 23.0. The highest BCUT2D eigenvalue weighted by Gasteiger charge is 2.31. The monoisotopic (exact) mass is 460 g/mol. The van der Waals surface area contributed by atoms with Gasteiger partial charge >= 0.3 is 0 Å². The van der Waals surface area contributed by atoms with Crippen LogP contribution in [0.1, 0.15) is 55.6 Å². The smallest absolute Gasteiger partial charge is 0.223 e. The van der Waals surface area contributed by atoms with Crippen LogP contribution in [-0.2, 0) is 16.1 Å². The minimum atomic E-state index is 0.262. The Kier molecular flexibility index (Phi) is 7.19. The van der Waals surface area contributed by atoms with Gasteiger partial charge < -0.3 is 18.9 Å². The van der Waals surface area contributed by atoms with Crippen molar-refractivity contribution >= 4 is 16.8 Å². The second-order valence-corrected chi connectivity index (χ2v) is 9.78. The highest BCUT2D eigenvalue weighted by Crippen LogP contribution is 2.42. The maximum Gasteiger partial charge on any atom is 0.223 e. The molecule has 180 valence electrons.